The van der Waals surface area contributed by atoms with Gasteiger partial charge in [0.2, 0.25) is 0 Å². The number of benzene rings is 1. The van der Waals surface area contributed by atoms with E-state index >= 15 is 0 Å². The van der Waals surface area contributed by atoms with Gasteiger partial charge in [-0.05, 0) is 26.1 Å². The summed E-state index contributed by atoms with van der Waals surface area (Å²) in [5.41, 5.74) is 0.997. The predicted octanol–water partition coefficient (Wildman–Crippen LogP) is 2.11. The quantitative estimate of drug-likeness (QED) is 0.707. The molecule has 0 aromatic heterocycles. The number of carbonyl (C=O) groups is 1. The van der Waals surface area contributed by atoms with Crippen molar-refractivity contribution >= 4 is 5.97 Å². The van der Waals surface area contributed by atoms with Crippen molar-refractivity contribution in [1.82, 2.24) is 4.90 Å². The highest BCUT2D eigenvalue weighted by molar-refractivity contribution is 5.72. The van der Waals surface area contributed by atoms with Crippen LogP contribution in [0.2, 0.25) is 0 Å². The molecule has 0 aliphatic rings. The predicted molar refractivity (Wildman–Crippen MR) is 68.9 cm³/mol. The highest BCUT2D eigenvalue weighted by Gasteiger charge is 2.13. The second kappa shape index (κ2) is 7.07. The van der Waals surface area contributed by atoms with Gasteiger partial charge in [-0.3, -0.25) is 4.79 Å². The van der Waals surface area contributed by atoms with Gasteiger partial charge in [0.1, 0.15) is 6.10 Å². The molecule has 3 heteroatoms. The van der Waals surface area contributed by atoms with Crippen LogP contribution >= 0.6 is 0 Å². The molecule has 0 saturated carbocycles. The van der Waals surface area contributed by atoms with Gasteiger partial charge in [0.05, 0.1) is 6.42 Å². The molecule has 0 heterocycles. The fourth-order valence-electron chi connectivity index (χ4n) is 1.65. The minimum absolute atomic E-state index is 0.0128. The zero-order valence-corrected chi connectivity index (χ0v) is 10.8. The van der Waals surface area contributed by atoms with E-state index in [9.17, 15) is 4.79 Å². The minimum Gasteiger partial charge on any atom is -0.461 e. The van der Waals surface area contributed by atoms with Crippen molar-refractivity contribution in [1.29, 1.82) is 0 Å². The Morgan fingerprint density at radius 1 is 1.29 bits per heavy atom. The van der Waals surface area contributed by atoms with Gasteiger partial charge in [-0.2, -0.15) is 0 Å². The van der Waals surface area contributed by atoms with E-state index in [0.29, 0.717) is 6.42 Å². The molecule has 0 aliphatic heterocycles. The van der Waals surface area contributed by atoms with Gasteiger partial charge < -0.3 is 9.64 Å². The second-order valence-electron chi connectivity index (χ2n) is 4.44. The first-order valence-corrected chi connectivity index (χ1v) is 6.00. The van der Waals surface area contributed by atoms with Crippen LogP contribution in [0.1, 0.15) is 18.9 Å². The molecule has 0 saturated heterocycles. The zero-order valence-electron chi connectivity index (χ0n) is 10.8. The van der Waals surface area contributed by atoms with E-state index < -0.39 is 0 Å². The van der Waals surface area contributed by atoms with E-state index in [1.165, 1.54) is 0 Å². The van der Waals surface area contributed by atoms with Crippen molar-refractivity contribution in [3.8, 4) is 0 Å². The minimum atomic E-state index is -0.148. The molecule has 0 spiro atoms. The molecule has 0 amide bonds. The van der Waals surface area contributed by atoms with Crippen LogP contribution in [-0.2, 0) is 16.0 Å². The van der Waals surface area contributed by atoms with Crippen LogP contribution in [0.5, 0.6) is 0 Å². The van der Waals surface area contributed by atoms with Gasteiger partial charge in [-0.25, -0.2) is 0 Å². The highest BCUT2D eigenvalue weighted by atomic mass is 16.5. The lowest BCUT2D eigenvalue weighted by Crippen LogP contribution is -2.30. The Kier molecular flexibility index (Phi) is 5.70. The summed E-state index contributed by atoms with van der Waals surface area (Å²) in [6.07, 6.45) is 1.19. The summed E-state index contributed by atoms with van der Waals surface area (Å²) >= 11 is 0. The van der Waals surface area contributed by atoms with Crippen molar-refractivity contribution in [3.63, 3.8) is 0 Å². The van der Waals surface area contributed by atoms with E-state index in [1.54, 1.807) is 0 Å². The Bertz CT molecular complexity index is 335. The lowest BCUT2D eigenvalue weighted by atomic mass is 10.1. The fourth-order valence-corrected chi connectivity index (χ4v) is 1.65. The first-order valence-electron chi connectivity index (χ1n) is 6.00. The Balaban J connectivity index is 2.43. The van der Waals surface area contributed by atoms with E-state index in [4.69, 9.17) is 4.74 Å². The third kappa shape index (κ3) is 5.50. The van der Waals surface area contributed by atoms with E-state index in [0.717, 1.165) is 18.5 Å². The molecule has 1 aromatic rings. The molecule has 0 aliphatic carbocycles. The molecule has 1 aromatic carbocycles. The number of rotatable bonds is 6. The molecule has 0 radical (unpaired) electrons. The molecule has 1 unspecified atom stereocenters. The molecule has 1 rings (SSSR count). The number of likely N-dealkylation sites (N-methyl/N-ethyl adjacent to an activating group) is 1. The Morgan fingerprint density at radius 2 is 1.94 bits per heavy atom. The Hall–Kier alpha value is -1.35. The van der Waals surface area contributed by atoms with Gasteiger partial charge in [-0.1, -0.05) is 37.3 Å². The second-order valence-corrected chi connectivity index (χ2v) is 4.44. The van der Waals surface area contributed by atoms with Crippen LogP contribution in [0.15, 0.2) is 30.3 Å². The van der Waals surface area contributed by atoms with Crippen molar-refractivity contribution in [2.24, 2.45) is 0 Å². The summed E-state index contributed by atoms with van der Waals surface area (Å²) in [5, 5.41) is 0. The van der Waals surface area contributed by atoms with E-state index in [-0.39, 0.29) is 12.1 Å². The maximum atomic E-state index is 11.7. The largest absolute Gasteiger partial charge is 0.461 e. The number of carbonyl (C=O) groups excluding carboxylic acids is 1. The summed E-state index contributed by atoms with van der Waals surface area (Å²) in [6.45, 7) is 2.81. The standard InChI is InChI=1S/C14H21NO2/c1-4-13(11-15(2)3)17-14(16)10-12-8-6-5-7-9-12/h5-9,13H,4,10-11H2,1-3H3. The lowest BCUT2D eigenvalue weighted by molar-refractivity contribution is -0.149. The zero-order chi connectivity index (χ0) is 12.7. The third-order valence-corrected chi connectivity index (χ3v) is 2.51. The Morgan fingerprint density at radius 3 is 2.47 bits per heavy atom. The van der Waals surface area contributed by atoms with Crippen LogP contribution in [0.25, 0.3) is 0 Å². The normalized spacial score (nSPS) is 12.5. The number of ether oxygens (including phenoxy) is 1. The van der Waals surface area contributed by atoms with Crippen LogP contribution in [0, 0.1) is 0 Å². The molecule has 0 N–H and O–H groups in total. The lowest BCUT2D eigenvalue weighted by Gasteiger charge is -2.20. The van der Waals surface area contributed by atoms with Crippen molar-refractivity contribution in [3.05, 3.63) is 35.9 Å². The summed E-state index contributed by atoms with van der Waals surface area (Å²) in [4.78, 5) is 13.8. The molecule has 3 nitrogen and oxygen atoms in total. The van der Waals surface area contributed by atoms with Gasteiger partial charge >= 0.3 is 5.97 Å². The smallest absolute Gasteiger partial charge is 0.310 e. The Labute approximate surface area is 103 Å². The van der Waals surface area contributed by atoms with Crippen molar-refractivity contribution in [2.45, 2.75) is 25.9 Å². The molecule has 17 heavy (non-hydrogen) atoms. The van der Waals surface area contributed by atoms with Crippen LogP contribution in [0.4, 0.5) is 0 Å². The summed E-state index contributed by atoms with van der Waals surface area (Å²) in [5.74, 6) is -0.148. The maximum Gasteiger partial charge on any atom is 0.310 e. The topological polar surface area (TPSA) is 29.5 Å². The SMILES string of the molecule is CCC(CN(C)C)OC(=O)Cc1ccccc1. The number of hydrogen-bond acceptors (Lipinski definition) is 3. The third-order valence-electron chi connectivity index (χ3n) is 2.51. The monoisotopic (exact) mass is 235 g/mol. The van der Waals surface area contributed by atoms with Crippen LogP contribution in [0.3, 0.4) is 0 Å². The molecule has 1 atom stereocenters. The van der Waals surface area contributed by atoms with Crippen LogP contribution < -0.4 is 0 Å². The number of hydrogen-bond donors (Lipinski definition) is 0. The van der Waals surface area contributed by atoms with Crippen molar-refractivity contribution < 1.29 is 9.53 Å². The summed E-state index contributed by atoms with van der Waals surface area (Å²) < 4.78 is 5.43. The van der Waals surface area contributed by atoms with Gasteiger partial charge in [0.25, 0.3) is 0 Å². The van der Waals surface area contributed by atoms with Crippen LogP contribution in [-0.4, -0.2) is 37.6 Å². The van der Waals surface area contributed by atoms with Gasteiger partial charge in [0.15, 0.2) is 0 Å². The fraction of sp³-hybridized carbons (Fsp3) is 0.500. The first-order chi connectivity index (χ1) is 8.11. The molecular formula is C14H21NO2. The number of esters is 1. The van der Waals surface area contributed by atoms with E-state index in [1.807, 2.05) is 56.3 Å². The average molecular weight is 235 g/mol. The molecule has 0 fully saturated rings. The molecular weight excluding hydrogens is 214 g/mol. The highest BCUT2D eigenvalue weighted by Crippen LogP contribution is 2.05. The summed E-state index contributed by atoms with van der Waals surface area (Å²) in [7, 11) is 3.96. The average Bonchev–Trinajstić information content (AvgIpc) is 2.28. The van der Waals surface area contributed by atoms with Gasteiger partial charge in [-0.15, -0.1) is 0 Å². The van der Waals surface area contributed by atoms with Gasteiger partial charge in [0, 0.05) is 6.54 Å². The molecule has 0 bridgehead atoms. The molecule has 94 valence electrons. The maximum absolute atomic E-state index is 11.7. The van der Waals surface area contributed by atoms with Crippen molar-refractivity contribution in [2.75, 3.05) is 20.6 Å². The number of nitrogens with zero attached hydrogens (tertiary/aromatic N) is 1. The summed E-state index contributed by atoms with van der Waals surface area (Å²) in [6, 6.07) is 9.68. The first kappa shape index (κ1) is 13.7. The van der Waals surface area contributed by atoms with E-state index in [2.05, 4.69) is 0 Å².